The van der Waals surface area contributed by atoms with Crippen LogP contribution in [0.25, 0.3) is 0 Å². The third kappa shape index (κ3) is 3.31. The van der Waals surface area contributed by atoms with Gasteiger partial charge < -0.3 is 5.32 Å². The highest BCUT2D eigenvalue weighted by Crippen LogP contribution is 2.22. The summed E-state index contributed by atoms with van der Waals surface area (Å²) in [5.74, 6) is -0.220. The van der Waals surface area contributed by atoms with Crippen molar-refractivity contribution >= 4 is 55.1 Å². The predicted octanol–water partition coefficient (Wildman–Crippen LogP) is 4.51. The molecule has 0 aliphatic rings. The smallest absolute Gasteiger partial charge is 0.256 e. The molecule has 0 aliphatic carbocycles. The van der Waals surface area contributed by atoms with Gasteiger partial charge in [0.05, 0.1) is 17.4 Å². The molecule has 0 fully saturated rings. The molecule has 1 aromatic heterocycles. The number of amides is 1. The molecule has 0 saturated carbocycles. The lowest BCUT2D eigenvalue weighted by Gasteiger charge is -2.06. The first-order valence-corrected chi connectivity index (χ1v) is 6.90. The number of benzene rings is 1. The fraction of sp³-hybridized carbons (Fsp3) is 0. The summed E-state index contributed by atoms with van der Waals surface area (Å²) in [5, 5.41) is 3.32. The monoisotopic (exact) mass is 388 g/mol. The molecular weight excluding hydrogens is 383 g/mol. The zero-order chi connectivity index (χ0) is 13.1. The predicted molar refractivity (Wildman–Crippen MR) is 79.0 cm³/mol. The van der Waals surface area contributed by atoms with Crippen molar-refractivity contribution in [1.82, 2.24) is 4.98 Å². The van der Waals surface area contributed by atoms with Gasteiger partial charge >= 0.3 is 0 Å². The van der Waals surface area contributed by atoms with Crippen LogP contribution in [-0.2, 0) is 0 Å². The normalized spacial score (nSPS) is 10.2. The maximum atomic E-state index is 12.0. The number of carbonyl (C=O) groups excluding carboxylic acids is 1. The van der Waals surface area contributed by atoms with E-state index in [0.717, 1.165) is 0 Å². The van der Waals surface area contributed by atoms with Gasteiger partial charge in [0, 0.05) is 9.50 Å². The van der Waals surface area contributed by atoms with E-state index in [-0.39, 0.29) is 5.91 Å². The Labute approximate surface area is 126 Å². The number of carbonyl (C=O) groups is 1. The van der Waals surface area contributed by atoms with Crippen molar-refractivity contribution in [1.29, 1.82) is 0 Å². The van der Waals surface area contributed by atoms with Crippen LogP contribution in [0.4, 0.5) is 5.69 Å². The summed E-state index contributed by atoms with van der Waals surface area (Å²) in [5.41, 5.74) is 1.15. The largest absolute Gasteiger partial charge is 0.321 e. The number of hydrogen-bond donors (Lipinski definition) is 1. The minimum Gasteiger partial charge on any atom is -0.321 e. The van der Waals surface area contributed by atoms with Gasteiger partial charge in [0.1, 0.15) is 4.60 Å². The Morgan fingerprint density at radius 2 is 2.00 bits per heavy atom. The number of anilines is 1. The van der Waals surface area contributed by atoms with E-state index in [4.69, 9.17) is 11.6 Å². The molecule has 6 heteroatoms. The molecule has 1 aromatic carbocycles. The van der Waals surface area contributed by atoms with Crippen LogP contribution >= 0.6 is 43.5 Å². The molecule has 2 rings (SSSR count). The molecule has 1 heterocycles. The van der Waals surface area contributed by atoms with Gasteiger partial charge in [0.25, 0.3) is 5.91 Å². The zero-order valence-corrected chi connectivity index (χ0v) is 12.9. The Hall–Kier alpha value is -0.910. The van der Waals surface area contributed by atoms with Gasteiger partial charge in [-0.25, -0.2) is 4.98 Å². The van der Waals surface area contributed by atoms with E-state index in [2.05, 4.69) is 42.2 Å². The Kier molecular flexibility index (Phi) is 4.37. The SMILES string of the molecule is O=C(Nc1ccc(Br)nc1)c1ccc(Cl)cc1Br. The lowest BCUT2D eigenvalue weighted by molar-refractivity contribution is 0.102. The molecule has 1 amide bonds. The van der Waals surface area contributed by atoms with Crippen molar-refractivity contribution in [3.63, 3.8) is 0 Å². The minimum absolute atomic E-state index is 0.220. The van der Waals surface area contributed by atoms with Gasteiger partial charge in [0.15, 0.2) is 0 Å². The number of aromatic nitrogens is 1. The van der Waals surface area contributed by atoms with Crippen molar-refractivity contribution in [2.24, 2.45) is 0 Å². The number of nitrogens with one attached hydrogen (secondary N) is 1. The fourth-order valence-corrected chi connectivity index (χ4v) is 2.42. The lowest BCUT2D eigenvalue weighted by Crippen LogP contribution is -2.12. The molecule has 0 saturated heterocycles. The Morgan fingerprint density at radius 1 is 1.22 bits per heavy atom. The molecule has 0 aliphatic heterocycles. The maximum absolute atomic E-state index is 12.0. The average molecular weight is 390 g/mol. The van der Waals surface area contributed by atoms with Crippen molar-refractivity contribution in [2.45, 2.75) is 0 Å². The highest BCUT2D eigenvalue weighted by atomic mass is 79.9. The van der Waals surface area contributed by atoms with Gasteiger partial charge in [-0.05, 0) is 62.2 Å². The van der Waals surface area contributed by atoms with Crippen molar-refractivity contribution in [3.05, 3.63) is 56.2 Å². The third-order valence-electron chi connectivity index (χ3n) is 2.16. The first-order chi connectivity index (χ1) is 8.56. The van der Waals surface area contributed by atoms with Crippen LogP contribution in [0.1, 0.15) is 10.4 Å². The molecule has 2 aromatic rings. The van der Waals surface area contributed by atoms with Crippen molar-refractivity contribution in [2.75, 3.05) is 5.32 Å². The Bertz CT molecular complexity index is 587. The first-order valence-electron chi connectivity index (χ1n) is 4.94. The van der Waals surface area contributed by atoms with Crippen LogP contribution in [0.5, 0.6) is 0 Å². The maximum Gasteiger partial charge on any atom is 0.256 e. The Balaban J connectivity index is 2.19. The molecule has 0 spiro atoms. The van der Waals surface area contributed by atoms with E-state index >= 15 is 0 Å². The zero-order valence-electron chi connectivity index (χ0n) is 8.95. The third-order valence-corrected chi connectivity index (χ3v) is 3.52. The van der Waals surface area contributed by atoms with Crippen molar-refractivity contribution < 1.29 is 4.79 Å². The standard InChI is InChI=1S/C12H7Br2ClN2O/c13-10-5-7(15)1-3-9(10)12(18)17-8-2-4-11(14)16-6-8/h1-6H,(H,17,18). The fourth-order valence-electron chi connectivity index (χ4n) is 1.32. The minimum atomic E-state index is -0.220. The van der Waals surface area contributed by atoms with Crippen LogP contribution in [0.3, 0.4) is 0 Å². The van der Waals surface area contributed by atoms with E-state index < -0.39 is 0 Å². The molecule has 3 nitrogen and oxygen atoms in total. The molecule has 1 N–H and O–H groups in total. The van der Waals surface area contributed by atoms with Crippen LogP contribution in [0.15, 0.2) is 45.6 Å². The quantitative estimate of drug-likeness (QED) is 0.767. The van der Waals surface area contributed by atoms with E-state index in [1.165, 1.54) is 0 Å². The average Bonchev–Trinajstić information content (AvgIpc) is 2.32. The van der Waals surface area contributed by atoms with Crippen molar-refractivity contribution in [3.8, 4) is 0 Å². The summed E-state index contributed by atoms with van der Waals surface area (Å²) in [4.78, 5) is 16.0. The molecule has 0 unspecified atom stereocenters. The molecule has 92 valence electrons. The second-order valence-corrected chi connectivity index (χ2v) is 5.55. The molecule has 0 radical (unpaired) electrons. The molecule has 0 atom stereocenters. The molecule has 0 bridgehead atoms. The number of hydrogen-bond acceptors (Lipinski definition) is 2. The summed E-state index contributed by atoms with van der Waals surface area (Å²) >= 11 is 12.4. The van der Waals surface area contributed by atoms with Gasteiger partial charge in [0.2, 0.25) is 0 Å². The topological polar surface area (TPSA) is 42.0 Å². The summed E-state index contributed by atoms with van der Waals surface area (Å²) < 4.78 is 1.37. The number of nitrogens with zero attached hydrogens (tertiary/aromatic N) is 1. The van der Waals surface area contributed by atoms with Gasteiger partial charge in [-0.2, -0.15) is 0 Å². The first kappa shape index (κ1) is 13.5. The van der Waals surface area contributed by atoms with Gasteiger partial charge in [-0.3, -0.25) is 4.79 Å². The summed E-state index contributed by atoms with van der Waals surface area (Å²) in [6.45, 7) is 0. The van der Waals surface area contributed by atoms with Crippen LogP contribution in [-0.4, -0.2) is 10.9 Å². The summed E-state index contributed by atoms with van der Waals surface area (Å²) in [6.07, 6.45) is 1.58. The number of rotatable bonds is 2. The second kappa shape index (κ2) is 5.82. The second-order valence-electron chi connectivity index (χ2n) is 3.45. The molecule has 18 heavy (non-hydrogen) atoms. The lowest BCUT2D eigenvalue weighted by atomic mass is 10.2. The van der Waals surface area contributed by atoms with E-state index in [9.17, 15) is 4.79 Å². The number of halogens is 3. The van der Waals surface area contributed by atoms with E-state index in [1.54, 1.807) is 36.5 Å². The van der Waals surface area contributed by atoms with E-state index in [0.29, 0.717) is 25.3 Å². The summed E-state index contributed by atoms with van der Waals surface area (Å²) in [7, 11) is 0. The Morgan fingerprint density at radius 3 is 2.61 bits per heavy atom. The van der Waals surface area contributed by atoms with Gasteiger partial charge in [-0.15, -0.1) is 0 Å². The summed E-state index contributed by atoms with van der Waals surface area (Å²) in [6, 6.07) is 8.52. The number of pyridine rings is 1. The highest BCUT2D eigenvalue weighted by Gasteiger charge is 2.10. The van der Waals surface area contributed by atoms with Crippen LogP contribution in [0.2, 0.25) is 5.02 Å². The highest BCUT2D eigenvalue weighted by molar-refractivity contribution is 9.10. The van der Waals surface area contributed by atoms with Crippen LogP contribution in [0, 0.1) is 0 Å². The van der Waals surface area contributed by atoms with Crippen LogP contribution < -0.4 is 5.32 Å². The van der Waals surface area contributed by atoms with Gasteiger partial charge in [-0.1, -0.05) is 11.6 Å². The molecular formula is C12H7Br2ClN2O. The van der Waals surface area contributed by atoms with E-state index in [1.807, 2.05) is 0 Å².